The van der Waals surface area contributed by atoms with Gasteiger partial charge in [0, 0.05) is 29.8 Å². The Morgan fingerprint density at radius 2 is 1.97 bits per heavy atom. The van der Waals surface area contributed by atoms with Crippen molar-refractivity contribution in [1.82, 2.24) is 14.9 Å². The van der Waals surface area contributed by atoms with Crippen LogP contribution in [0.1, 0.15) is 55.6 Å². The average molecular weight is 536 g/mol. The molecule has 0 aliphatic carbocycles. The summed E-state index contributed by atoms with van der Waals surface area (Å²) < 4.78 is 6.80. The van der Waals surface area contributed by atoms with Crippen LogP contribution in [0.3, 0.4) is 0 Å². The first-order chi connectivity index (χ1) is 16.2. The fraction of sp³-hybridized carbons (Fsp3) is 0.417. The van der Waals surface area contributed by atoms with Crippen molar-refractivity contribution >= 4 is 58.1 Å². The van der Waals surface area contributed by atoms with Crippen LogP contribution < -0.4 is 11.1 Å². The average Bonchev–Trinajstić information content (AvgIpc) is 3.47. The van der Waals surface area contributed by atoms with Gasteiger partial charge in [0.2, 0.25) is 11.8 Å². The smallest absolute Gasteiger partial charge is 0.253 e. The highest BCUT2D eigenvalue weighted by Gasteiger charge is 2.29. The topological polar surface area (TPSA) is 114 Å². The van der Waals surface area contributed by atoms with Crippen LogP contribution in [0.4, 0.5) is 10.8 Å². The lowest BCUT2D eigenvalue weighted by atomic mass is 9.94. The van der Waals surface area contributed by atoms with Crippen molar-refractivity contribution in [2.45, 2.75) is 49.0 Å². The van der Waals surface area contributed by atoms with Crippen LogP contribution in [0.2, 0.25) is 0 Å². The number of carbonyl (C=O) groups is 2. The summed E-state index contributed by atoms with van der Waals surface area (Å²) in [5.41, 5.74) is 6.83. The number of aromatic nitrogens is 2. The first-order valence-corrected chi connectivity index (χ1v) is 13.0. The Morgan fingerprint density at radius 1 is 1.23 bits per heavy atom. The highest BCUT2D eigenvalue weighted by molar-refractivity contribution is 8.00. The van der Waals surface area contributed by atoms with Crippen LogP contribution in [0.25, 0.3) is 0 Å². The molecule has 1 unspecified atom stereocenters. The number of nitrogens with one attached hydrogen (secondary N) is 1. The standard InChI is InChI=1S/C24H29N5O3S2.ClH/c1-24(2,3)18-11-26-19(32-18)14-33-20-12-27-23(34-20)28-21(30)16-5-4-10-29(13-16)22(31)15-6-8-17(25)9-7-15;/h6-9,11-12,16H,4-5,10,13-14,25H2,1-3H3,(H,27,28,30);1H. The van der Waals surface area contributed by atoms with Gasteiger partial charge in [0.25, 0.3) is 5.91 Å². The van der Waals surface area contributed by atoms with Gasteiger partial charge in [0.05, 0.1) is 28.3 Å². The first kappa shape index (κ1) is 27.0. The van der Waals surface area contributed by atoms with Crippen molar-refractivity contribution in [2.24, 2.45) is 5.92 Å². The van der Waals surface area contributed by atoms with E-state index >= 15 is 0 Å². The van der Waals surface area contributed by atoms with E-state index in [9.17, 15) is 9.59 Å². The number of thiazole rings is 1. The highest BCUT2D eigenvalue weighted by atomic mass is 35.5. The summed E-state index contributed by atoms with van der Waals surface area (Å²) in [6.45, 7) is 7.29. The van der Waals surface area contributed by atoms with Gasteiger partial charge in [-0.25, -0.2) is 9.97 Å². The molecule has 2 amide bonds. The molecule has 3 aromatic rings. The van der Waals surface area contributed by atoms with Gasteiger partial charge in [0.1, 0.15) is 5.76 Å². The number of rotatable bonds is 6. The maximum atomic E-state index is 12.9. The lowest BCUT2D eigenvalue weighted by molar-refractivity contribution is -0.121. The molecule has 35 heavy (non-hydrogen) atoms. The third-order valence-corrected chi connectivity index (χ3v) is 7.67. The molecule has 2 aromatic heterocycles. The summed E-state index contributed by atoms with van der Waals surface area (Å²) in [6, 6.07) is 6.87. The molecule has 4 rings (SSSR count). The van der Waals surface area contributed by atoms with Gasteiger partial charge in [-0.2, -0.15) is 0 Å². The highest BCUT2D eigenvalue weighted by Crippen LogP contribution is 2.32. The maximum Gasteiger partial charge on any atom is 0.253 e. The molecular weight excluding hydrogens is 506 g/mol. The second-order valence-corrected chi connectivity index (χ2v) is 11.6. The number of nitrogens with two attached hydrogens (primary N) is 1. The number of amides is 2. The van der Waals surface area contributed by atoms with Gasteiger partial charge in [-0.1, -0.05) is 32.1 Å². The third kappa shape index (κ3) is 6.99. The zero-order valence-electron chi connectivity index (χ0n) is 19.9. The molecule has 1 atom stereocenters. The maximum absolute atomic E-state index is 12.9. The van der Waals surface area contributed by atoms with Crippen LogP contribution in [-0.2, 0) is 16.0 Å². The van der Waals surface area contributed by atoms with Gasteiger partial charge in [-0.15, -0.1) is 24.2 Å². The van der Waals surface area contributed by atoms with E-state index in [1.54, 1.807) is 53.3 Å². The Bertz CT molecular complexity index is 1160. The lowest BCUT2D eigenvalue weighted by Crippen LogP contribution is -2.43. The zero-order valence-corrected chi connectivity index (χ0v) is 22.4. The number of anilines is 2. The number of nitrogens with zero attached hydrogens (tertiary/aromatic N) is 3. The fourth-order valence-electron chi connectivity index (χ4n) is 3.63. The van der Waals surface area contributed by atoms with Crippen molar-refractivity contribution in [3.63, 3.8) is 0 Å². The van der Waals surface area contributed by atoms with E-state index in [1.165, 1.54) is 11.3 Å². The Morgan fingerprint density at radius 3 is 2.66 bits per heavy atom. The molecule has 1 fully saturated rings. The summed E-state index contributed by atoms with van der Waals surface area (Å²) in [5.74, 6) is 1.67. The molecule has 3 N–H and O–H groups in total. The van der Waals surface area contributed by atoms with Crippen molar-refractivity contribution in [3.05, 3.63) is 53.9 Å². The molecule has 0 radical (unpaired) electrons. The number of nitrogen functional groups attached to an aromatic ring is 1. The monoisotopic (exact) mass is 535 g/mol. The van der Waals surface area contributed by atoms with Gasteiger partial charge in [-0.05, 0) is 37.1 Å². The molecular formula is C24H30ClN5O3S2. The SMILES string of the molecule is CC(C)(C)c1cnc(CSc2cnc(NC(=O)C3CCCN(C(=O)c4ccc(N)cc4)C3)s2)o1.Cl. The molecule has 11 heteroatoms. The van der Waals surface area contributed by atoms with Crippen LogP contribution >= 0.6 is 35.5 Å². The number of hydrogen-bond donors (Lipinski definition) is 2. The quantitative estimate of drug-likeness (QED) is 0.328. The Labute approximate surface area is 219 Å². The molecule has 1 aliphatic heterocycles. The number of likely N-dealkylation sites (tertiary alicyclic amines) is 1. The Hall–Kier alpha value is -2.56. The molecule has 1 saturated heterocycles. The van der Waals surface area contributed by atoms with Crippen molar-refractivity contribution < 1.29 is 14.0 Å². The van der Waals surface area contributed by atoms with E-state index in [0.29, 0.717) is 41.1 Å². The van der Waals surface area contributed by atoms with Crippen LogP contribution in [-0.4, -0.2) is 39.8 Å². The Kier molecular flexibility index (Phi) is 8.84. The van der Waals surface area contributed by atoms with Gasteiger partial charge in [-0.3, -0.25) is 9.59 Å². The minimum absolute atomic E-state index is 0. The number of piperidine rings is 1. The van der Waals surface area contributed by atoms with Crippen LogP contribution in [0.15, 0.2) is 45.3 Å². The fourth-order valence-corrected chi connectivity index (χ4v) is 5.36. The van der Waals surface area contributed by atoms with Gasteiger partial charge < -0.3 is 20.4 Å². The minimum atomic E-state index is -0.269. The predicted molar refractivity (Wildman–Crippen MR) is 142 cm³/mol. The van der Waals surface area contributed by atoms with Gasteiger partial charge in [0.15, 0.2) is 5.13 Å². The zero-order chi connectivity index (χ0) is 24.3. The molecule has 8 nitrogen and oxygen atoms in total. The minimum Gasteiger partial charge on any atom is -0.444 e. The summed E-state index contributed by atoms with van der Waals surface area (Å²) in [6.07, 6.45) is 5.05. The molecule has 0 saturated carbocycles. The summed E-state index contributed by atoms with van der Waals surface area (Å²) >= 11 is 2.99. The predicted octanol–water partition coefficient (Wildman–Crippen LogP) is 5.22. The van der Waals surface area contributed by atoms with E-state index < -0.39 is 0 Å². The summed E-state index contributed by atoms with van der Waals surface area (Å²) in [4.78, 5) is 36.1. The molecule has 188 valence electrons. The molecule has 3 heterocycles. The second-order valence-electron chi connectivity index (χ2n) is 9.34. The summed E-state index contributed by atoms with van der Waals surface area (Å²) in [7, 11) is 0. The third-order valence-electron chi connectivity index (χ3n) is 5.58. The van der Waals surface area contributed by atoms with Gasteiger partial charge >= 0.3 is 0 Å². The lowest BCUT2D eigenvalue weighted by Gasteiger charge is -2.32. The molecule has 0 bridgehead atoms. The number of halogens is 1. The van der Waals surface area contributed by atoms with Crippen LogP contribution in [0.5, 0.6) is 0 Å². The second kappa shape index (κ2) is 11.5. The largest absolute Gasteiger partial charge is 0.444 e. The van der Waals surface area contributed by atoms with Crippen molar-refractivity contribution in [1.29, 1.82) is 0 Å². The van der Waals surface area contributed by atoms with E-state index in [1.807, 2.05) is 0 Å². The van der Waals surface area contributed by atoms with Crippen molar-refractivity contribution in [2.75, 3.05) is 24.1 Å². The first-order valence-electron chi connectivity index (χ1n) is 11.2. The number of thioether (sulfide) groups is 1. The van der Waals surface area contributed by atoms with Crippen molar-refractivity contribution in [3.8, 4) is 0 Å². The van der Waals surface area contributed by atoms with E-state index in [4.69, 9.17) is 10.2 Å². The van der Waals surface area contributed by atoms with Crippen LogP contribution in [0, 0.1) is 5.92 Å². The van der Waals surface area contributed by atoms with E-state index in [-0.39, 0.29) is 35.6 Å². The number of carbonyl (C=O) groups excluding carboxylic acids is 2. The number of benzene rings is 1. The molecule has 1 aromatic carbocycles. The Balaban J connectivity index is 0.00000342. The van der Waals surface area contributed by atoms with E-state index in [2.05, 4.69) is 36.1 Å². The van der Waals surface area contributed by atoms with E-state index in [0.717, 1.165) is 22.8 Å². The molecule has 0 spiro atoms. The molecule has 1 aliphatic rings. The number of hydrogen-bond acceptors (Lipinski definition) is 8. The normalized spacial score (nSPS) is 16.0. The summed E-state index contributed by atoms with van der Waals surface area (Å²) in [5, 5.41) is 3.48. The number of oxazole rings is 1.